The predicted octanol–water partition coefficient (Wildman–Crippen LogP) is 3.42. The summed E-state index contributed by atoms with van der Waals surface area (Å²) >= 11 is 1.63. The topological polar surface area (TPSA) is 63.1 Å². The number of aryl methyl sites for hydroxylation is 1. The Labute approximate surface area is 162 Å². The number of carbonyl (C=O) groups is 1. The van der Waals surface area contributed by atoms with E-state index in [2.05, 4.69) is 20.3 Å². The third kappa shape index (κ3) is 4.43. The molecule has 3 aromatic rings. The van der Waals surface area contributed by atoms with Crippen LogP contribution in [0.25, 0.3) is 11.3 Å². The van der Waals surface area contributed by atoms with Gasteiger partial charge >= 0.3 is 0 Å². The van der Waals surface area contributed by atoms with E-state index in [0.29, 0.717) is 12.6 Å². The summed E-state index contributed by atoms with van der Waals surface area (Å²) in [4.78, 5) is 19.4. The van der Waals surface area contributed by atoms with Gasteiger partial charge in [0.05, 0.1) is 23.8 Å². The molecular formula is C20H23N5OS. The van der Waals surface area contributed by atoms with E-state index in [1.807, 2.05) is 53.5 Å². The second-order valence-corrected chi connectivity index (χ2v) is 7.94. The molecule has 1 aliphatic heterocycles. The van der Waals surface area contributed by atoms with Gasteiger partial charge in [0, 0.05) is 35.1 Å². The number of thiazole rings is 1. The van der Waals surface area contributed by atoms with Crippen LogP contribution in [0.4, 0.5) is 5.69 Å². The summed E-state index contributed by atoms with van der Waals surface area (Å²) in [5.41, 5.74) is 2.79. The number of nitrogens with zero attached hydrogens (tertiary/aromatic N) is 4. The van der Waals surface area contributed by atoms with Crippen molar-refractivity contribution in [2.45, 2.75) is 32.4 Å². The van der Waals surface area contributed by atoms with Crippen molar-refractivity contribution in [3.63, 3.8) is 0 Å². The van der Waals surface area contributed by atoms with Gasteiger partial charge in [-0.1, -0.05) is 12.1 Å². The molecular weight excluding hydrogens is 358 g/mol. The Hall–Kier alpha value is -2.51. The summed E-state index contributed by atoms with van der Waals surface area (Å²) in [6.45, 7) is 4.19. The molecule has 1 fully saturated rings. The summed E-state index contributed by atoms with van der Waals surface area (Å²) in [5, 5.41) is 10.4. The lowest BCUT2D eigenvalue weighted by Crippen LogP contribution is -2.39. The minimum absolute atomic E-state index is 0.0222. The highest BCUT2D eigenvalue weighted by Gasteiger charge is 2.26. The van der Waals surface area contributed by atoms with E-state index >= 15 is 0 Å². The summed E-state index contributed by atoms with van der Waals surface area (Å²) < 4.78 is 1.94. The Bertz CT molecular complexity index is 905. The molecule has 6 nitrogen and oxygen atoms in total. The minimum Gasteiger partial charge on any atom is -0.325 e. The van der Waals surface area contributed by atoms with Gasteiger partial charge in [-0.3, -0.25) is 14.4 Å². The van der Waals surface area contributed by atoms with Gasteiger partial charge < -0.3 is 5.32 Å². The van der Waals surface area contributed by atoms with Crippen LogP contribution in [0.1, 0.15) is 17.8 Å². The van der Waals surface area contributed by atoms with Crippen molar-refractivity contribution in [1.82, 2.24) is 19.7 Å². The van der Waals surface area contributed by atoms with E-state index in [1.54, 1.807) is 17.5 Å². The fraction of sp³-hybridized carbons (Fsp3) is 0.350. The van der Waals surface area contributed by atoms with Gasteiger partial charge in [0.2, 0.25) is 5.91 Å². The van der Waals surface area contributed by atoms with Gasteiger partial charge in [0.1, 0.15) is 0 Å². The monoisotopic (exact) mass is 381 g/mol. The lowest BCUT2D eigenvalue weighted by atomic mass is 10.1. The van der Waals surface area contributed by atoms with Crippen molar-refractivity contribution in [3.05, 3.63) is 53.1 Å². The van der Waals surface area contributed by atoms with Gasteiger partial charge in [-0.2, -0.15) is 5.10 Å². The molecule has 1 saturated heterocycles. The highest BCUT2D eigenvalue weighted by atomic mass is 32.1. The smallest absolute Gasteiger partial charge is 0.238 e. The van der Waals surface area contributed by atoms with Crippen molar-refractivity contribution in [1.29, 1.82) is 0 Å². The van der Waals surface area contributed by atoms with Crippen LogP contribution in [0.15, 0.2) is 48.1 Å². The highest BCUT2D eigenvalue weighted by Crippen LogP contribution is 2.24. The molecule has 1 amide bonds. The fourth-order valence-electron chi connectivity index (χ4n) is 3.57. The maximum atomic E-state index is 12.6. The molecule has 0 radical (unpaired) electrons. The molecule has 7 heteroatoms. The summed E-state index contributed by atoms with van der Waals surface area (Å²) in [6, 6.07) is 10.2. The zero-order valence-corrected chi connectivity index (χ0v) is 16.2. The molecule has 1 atom stereocenters. The Balaban J connectivity index is 1.37. The average Bonchev–Trinajstić information content (AvgIpc) is 3.39. The fourth-order valence-corrected chi connectivity index (χ4v) is 4.19. The van der Waals surface area contributed by atoms with E-state index in [1.165, 1.54) is 0 Å². The Morgan fingerprint density at radius 1 is 1.37 bits per heavy atom. The Morgan fingerprint density at radius 3 is 3.07 bits per heavy atom. The molecule has 27 heavy (non-hydrogen) atoms. The van der Waals surface area contributed by atoms with E-state index in [4.69, 9.17) is 0 Å². The van der Waals surface area contributed by atoms with E-state index in [0.717, 1.165) is 47.9 Å². The van der Waals surface area contributed by atoms with Crippen LogP contribution >= 0.6 is 11.3 Å². The van der Waals surface area contributed by atoms with Gasteiger partial charge in [0.15, 0.2) is 0 Å². The molecule has 3 heterocycles. The van der Waals surface area contributed by atoms with Crippen LogP contribution in [-0.2, 0) is 11.3 Å². The molecule has 2 aromatic heterocycles. The second-order valence-electron chi connectivity index (χ2n) is 6.88. The van der Waals surface area contributed by atoms with Crippen LogP contribution in [0.3, 0.4) is 0 Å². The van der Waals surface area contributed by atoms with Crippen LogP contribution < -0.4 is 5.32 Å². The SMILES string of the molecule is Cc1nc(-c2cccc(NC(=O)CN3CCC[C@@H]3Cn3cccn3)c2)cs1. The molecule has 1 aromatic carbocycles. The Morgan fingerprint density at radius 2 is 2.30 bits per heavy atom. The van der Waals surface area contributed by atoms with E-state index in [-0.39, 0.29) is 5.91 Å². The third-order valence-corrected chi connectivity index (χ3v) is 5.64. The lowest BCUT2D eigenvalue weighted by molar-refractivity contribution is -0.117. The first-order valence-electron chi connectivity index (χ1n) is 9.21. The first-order valence-corrected chi connectivity index (χ1v) is 10.1. The van der Waals surface area contributed by atoms with Crippen molar-refractivity contribution in [2.75, 3.05) is 18.4 Å². The quantitative estimate of drug-likeness (QED) is 0.711. The number of amides is 1. The maximum Gasteiger partial charge on any atom is 0.238 e. The van der Waals surface area contributed by atoms with Gasteiger partial charge in [-0.15, -0.1) is 11.3 Å². The zero-order valence-electron chi connectivity index (χ0n) is 15.3. The van der Waals surface area contributed by atoms with Crippen LogP contribution in [-0.4, -0.2) is 44.7 Å². The number of likely N-dealkylation sites (tertiary alicyclic amines) is 1. The number of aromatic nitrogens is 3. The summed E-state index contributed by atoms with van der Waals surface area (Å²) in [6.07, 6.45) is 5.99. The summed E-state index contributed by atoms with van der Waals surface area (Å²) in [5.74, 6) is 0.0222. The van der Waals surface area contributed by atoms with Crippen molar-refractivity contribution in [3.8, 4) is 11.3 Å². The molecule has 4 rings (SSSR count). The highest BCUT2D eigenvalue weighted by molar-refractivity contribution is 7.09. The van der Waals surface area contributed by atoms with Crippen molar-refractivity contribution < 1.29 is 4.79 Å². The molecule has 0 unspecified atom stereocenters. The minimum atomic E-state index is 0.0222. The second kappa shape index (κ2) is 8.02. The standard InChI is InChI=1S/C20H23N5OS/c1-15-22-19(14-27-15)16-5-2-6-17(11-16)23-20(26)13-24-9-3-7-18(24)12-25-10-4-8-21-25/h2,4-6,8,10-11,14,18H,3,7,9,12-13H2,1H3,(H,23,26)/t18-/m1/s1. The normalized spacial score (nSPS) is 17.3. The largest absolute Gasteiger partial charge is 0.325 e. The molecule has 140 valence electrons. The average molecular weight is 382 g/mol. The van der Waals surface area contributed by atoms with Gasteiger partial charge in [0.25, 0.3) is 0 Å². The summed E-state index contributed by atoms with van der Waals surface area (Å²) in [7, 11) is 0. The molecule has 1 aliphatic rings. The first-order chi connectivity index (χ1) is 13.2. The number of anilines is 1. The van der Waals surface area contributed by atoms with E-state index in [9.17, 15) is 4.79 Å². The number of nitrogens with one attached hydrogen (secondary N) is 1. The molecule has 1 N–H and O–H groups in total. The van der Waals surface area contributed by atoms with Gasteiger partial charge in [-0.05, 0) is 44.5 Å². The van der Waals surface area contributed by atoms with Crippen LogP contribution in [0.2, 0.25) is 0 Å². The zero-order chi connectivity index (χ0) is 18.6. The first kappa shape index (κ1) is 17.9. The van der Waals surface area contributed by atoms with Gasteiger partial charge in [-0.25, -0.2) is 4.98 Å². The number of hydrogen-bond acceptors (Lipinski definition) is 5. The molecule has 0 bridgehead atoms. The number of benzene rings is 1. The number of hydrogen-bond donors (Lipinski definition) is 1. The molecule has 0 aliphatic carbocycles. The molecule has 0 saturated carbocycles. The van der Waals surface area contributed by atoms with Crippen LogP contribution in [0, 0.1) is 6.92 Å². The Kier molecular flexibility index (Phi) is 5.31. The third-order valence-electron chi connectivity index (χ3n) is 4.86. The van der Waals surface area contributed by atoms with Crippen molar-refractivity contribution >= 4 is 22.9 Å². The predicted molar refractivity (Wildman–Crippen MR) is 108 cm³/mol. The van der Waals surface area contributed by atoms with Crippen molar-refractivity contribution in [2.24, 2.45) is 0 Å². The number of carbonyl (C=O) groups excluding carboxylic acids is 1. The van der Waals surface area contributed by atoms with Crippen LogP contribution in [0.5, 0.6) is 0 Å². The molecule has 0 spiro atoms. The lowest BCUT2D eigenvalue weighted by Gasteiger charge is -2.23. The maximum absolute atomic E-state index is 12.6. The number of rotatable bonds is 6. The van der Waals surface area contributed by atoms with E-state index < -0.39 is 0 Å².